The Bertz CT molecular complexity index is 1050. The van der Waals surface area contributed by atoms with E-state index >= 15 is 0 Å². The van der Waals surface area contributed by atoms with Crippen LogP contribution in [-0.4, -0.2) is 26.1 Å². The molecule has 6 nitrogen and oxygen atoms in total. The van der Waals surface area contributed by atoms with Crippen LogP contribution in [0.25, 0.3) is 21.8 Å². The fourth-order valence-electron chi connectivity index (χ4n) is 2.63. The maximum Gasteiger partial charge on any atom is 0.276 e. The van der Waals surface area contributed by atoms with Gasteiger partial charge in [-0.25, -0.2) is 4.98 Å². The smallest absolute Gasteiger partial charge is 0.276 e. The van der Waals surface area contributed by atoms with Crippen LogP contribution in [0.3, 0.4) is 0 Å². The number of carbonyl (C=O) groups is 1. The molecular formula is C16H13N5OS. The van der Waals surface area contributed by atoms with Crippen molar-refractivity contribution in [3.8, 4) is 0 Å². The van der Waals surface area contributed by atoms with E-state index in [1.165, 1.54) is 11.3 Å². The van der Waals surface area contributed by atoms with Crippen LogP contribution in [0.1, 0.15) is 21.2 Å². The van der Waals surface area contributed by atoms with Crippen molar-refractivity contribution in [1.29, 1.82) is 0 Å². The molecule has 4 aromatic rings. The Morgan fingerprint density at radius 2 is 2.00 bits per heavy atom. The minimum atomic E-state index is -0.281. The molecule has 0 aliphatic rings. The predicted octanol–water partition coefficient (Wildman–Crippen LogP) is 3.44. The standard InChI is InChI=1S/C16H13N5OS/c1-8-14-11(10-5-3-4-6-12(10)18-14)7-13(17-8)15(22)19-16-21-20-9(2)23-16/h3-7,18H,1-2H3,(H,19,21,22). The van der Waals surface area contributed by atoms with E-state index in [-0.39, 0.29) is 5.91 Å². The van der Waals surface area contributed by atoms with E-state index in [4.69, 9.17) is 0 Å². The summed E-state index contributed by atoms with van der Waals surface area (Å²) in [5.41, 5.74) is 3.14. The van der Waals surface area contributed by atoms with Gasteiger partial charge in [0.05, 0.1) is 11.2 Å². The number of fused-ring (bicyclic) bond motifs is 3. The van der Waals surface area contributed by atoms with Gasteiger partial charge in [-0.15, -0.1) is 10.2 Å². The zero-order valence-electron chi connectivity index (χ0n) is 12.5. The van der Waals surface area contributed by atoms with Crippen molar-refractivity contribution in [3.63, 3.8) is 0 Å². The number of aromatic amines is 1. The molecule has 0 bridgehead atoms. The highest BCUT2D eigenvalue weighted by Crippen LogP contribution is 2.27. The Morgan fingerprint density at radius 3 is 2.78 bits per heavy atom. The Hall–Kier alpha value is -2.80. The van der Waals surface area contributed by atoms with Gasteiger partial charge in [0.2, 0.25) is 5.13 Å². The van der Waals surface area contributed by atoms with Gasteiger partial charge < -0.3 is 4.98 Å². The third-order valence-electron chi connectivity index (χ3n) is 3.66. The summed E-state index contributed by atoms with van der Waals surface area (Å²) in [5.74, 6) is -0.281. The molecular weight excluding hydrogens is 310 g/mol. The first-order chi connectivity index (χ1) is 11.1. The van der Waals surface area contributed by atoms with Crippen LogP contribution in [0.2, 0.25) is 0 Å². The molecule has 0 unspecified atom stereocenters. The summed E-state index contributed by atoms with van der Waals surface area (Å²) in [4.78, 5) is 20.2. The quantitative estimate of drug-likeness (QED) is 0.592. The lowest BCUT2D eigenvalue weighted by Crippen LogP contribution is -2.14. The maximum absolute atomic E-state index is 12.4. The van der Waals surface area contributed by atoms with Crippen LogP contribution in [0, 0.1) is 13.8 Å². The van der Waals surface area contributed by atoms with Gasteiger partial charge in [-0.1, -0.05) is 29.5 Å². The number of benzene rings is 1. The van der Waals surface area contributed by atoms with Gasteiger partial charge in [0.15, 0.2) is 0 Å². The zero-order chi connectivity index (χ0) is 16.0. The molecule has 0 fully saturated rings. The number of aromatic nitrogens is 4. The number of amides is 1. The number of carbonyl (C=O) groups excluding carboxylic acids is 1. The van der Waals surface area contributed by atoms with Crippen molar-refractivity contribution in [2.24, 2.45) is 0 Å². The second-order valence-electron chi connectivity index (χ2n) is 5.27. The molecule has 0 saturated heterocycles. The first-order valence-corrected chi connectivity index (χ1v) is 7.93. The minimum Gasteiger partial charge on any atom is -0.353 e. The van der Waals surface area contributed by atoms with E-state index in [0.717, 1.165) is 32.5 Å². The zero-order valence-corrected chi connectivity index (χ0v) is 13.4. The molecule has 0 saturated carbocycles. The average Bonchev–Trinajstić information content (AvgIpc) is 3.11. The van der Waals surface area contributed by atoms with Crippen molar-refractivity contribution in [2.75, 3.05) is 5.32 Å². The molecule has 0 atom stereocenters. The SMILES string of the molecule is Cc1nnc(NC(=O)c2cc3c([nH]c4ccccc43)c(C)n2)s1. The molecule has 3 heterocycles. The fraction of sp³-hybridized carbons (Fsp3) is 0.125. The summed E-state index contributed by atoms with van der Waals surface area (Å²) in [6.45, 7) is 3.73. The second-order valence-corrected chi connectivity index (χ2v) is 6.45. The normalized spacial score (nSPS) is 11.2. The maximum atomic E-state index is 12.4. The predicted molar refractivity (Wildman–Crippen MR) is 90.9 cm³/mol. The van der Waals surface area contributed by atoms with Gasteiger partial charge in [-0.05, 0) is 26.0 Å². The number of aryl methyl sites for hydroxylation is 2. The molecule has 4 rings (SSSR count). The van der Waals surface area contributed by atoms with Gasteiger partial charge in [0.1, 0.15) is 10.7 Å². The van der Waals surface area contributed by atoms with Crippen molar-refractivity contribution in [3.05, 3.63) is 46.7 Å². The molecule has 3 aromatic heterocycles. The van der Waals surface area contributed by atoms with E-state index in [2.05, 4.69) is 25.5 Å². The largest absolute Gasteiger partial charge is 0.353 e. The van der Waals surface area contributed by atoms with Crippen LogP contribution in [0.5, 0.6) is 0 Å². The van der Waals surface area contributed by atoms with Crippen LogP contribution < -0.4 is 5.32 Å². The molecule has 114 valence electrons. The molecule has 23 heavy (non-hydrogen) atoms. The summed E-state index contributed by atoms with van der Waals surface area (Å²) in [5, 5.41) is 13.9. The number of nitrogens with zero attached hydrogens (tertiary/aromatic N) is 3. The monoisotopic (exact) mass is 323 g/mol. The number of para-hydroxylation sites is 1. The lowest BCUT2D eigenvalue weighted by molar-refractivity contribution is 0.102. The third kappa shape index (κ3) is 2.35. The Balaban J connectivity index is 1.80. The highest BCUT2D eigenvalue weighted by molar-refractivity contribution is 7.15. The van der Waals surface area contributed by atoms with Crippen molar-refractivity contribution >= 4 is 44.2 Å². The van der Waals surface area contributed by atoms with Gasteiger partial charge in [0, 0.05) is 16.3 Å². The van der Waals surface area contributed by atoms with Gasteiger partial charge >= 0.3 is 0 Å². The van der Waals surface area contributed by atoms with Crippen molar-refractivity contribution in [2.45, 2.75) is 13.8 Å². The number of rotatable bonds is 2. The van der Waals surface area contributed by atoms with Gasteiger partial charge in [-0.2, -0.15) is 0 Å². The van der Waals surface area contributed by atoms with E-state index in [0.29, 0.717) is 10.8 Å². The molecule has 0 aliphatic carbocycles. The summed E-state index contributed by atoms with van der Waals surface area (Å²) >= 11 is 1.33. The lowest BCUT2D eigenvalue weighted by atomic mass is 10.1. The summed E-state index contributed by atoms with van der Waals surface area (Å²) < 4.78 is 0. The second kappa shape index (κ2) is 5.13. The number of pyridine rings is 1. The van der Waals surface area contributed by atoms with Crippen molar-refractivity contribution in [1.82, 2.24) is 20.2 Å². The van der Waals surface area contributed by atoms with Crippen LogP contribution in [0.4, 0.5) is 5.13 Å². The molecule has 1 aromatic carbocycles. The average molecular weight is 323 g/mol. The van der Waals surface area contributed by atoms with Gasteiger partial charge in [-0.3, -0.25) is 10.1 Å². The Labute approximate surface area is 135 Å². The number of hydrogen-bond donors (Lipinski definition) is 2. The molecule has 7 heteroatoms. The van der Waals surface area contributed by atoms with E-state index in [1.54, 1.807) is 0 Å². The number of anilines is 1. The number of H-pyrrole nitrogens is 1. The lowest BCUT2D eigenvalue weighted by Gasteiger charge is -2.03. The molecule has 1 amide bonds. The molecule has 0 radical (unpaired) electrons. The van der Waals surface area contributed by atoms with Crippen LogP contribution in [0.15, 0.2) is 30.3 Å². The number of hydrogen-bond acceptors (Lipinski definition) is 5. The fourth-order valence-corrected chi connectivity index (χ4v) is 3.22. The van der Waals surface area contributed by atoms with Crippen LogP contribution in [-0.2, 0) is 0 Å². The molecule has 0 spiro atoms. The van der Waals surface area contributed by atoms with Crippen molar-refractivity contribution < 1.29 is 4.79 Å². The minimum absolute atomic E-state index is 0.281. The topological polar surface area (TPSA) is 83.6 Å². The molecule has 2 N–H and O–H groups in total. The number of nitrogens with one attached hydrogen (secondary N) is 2. The van der Waals surface area contributed by atoms with E-state index in [1.807, 2.05) is 44.2 Å². The first-order valence-electron chi connectivity index (χ1n) is 7.11. The summed E-state index contributed by atoms with van der Waals surface area (Å²) in [6, 6.07) is 9.81. The Morgan fingerprint density at radius 1 is 1.17 bits per heavy atom. The first kappa shape index (κ1) is 13.8. The third-order valence-corrected chi connectivity index (χ3v) is 4.41. The van der Waals surface area contributed by atoms with Crippen LogP contribution >= 0.6 is 11.3 Å². The highest BCUT2D eigenvalue weighted by Gasteiger charge is 2.15. The Kier molecular flexibility index (Phi) is 3.09. The van der Waals surface area contributed by atoms with E-state index in [9.17, 15) is 4.79 Å². The summed E-state index contributed by atoms with van der Waals surface area (Å²) in [7, 11) is 0. The molecule has 0 aliphatic heterocycles. The highest BCUT2D eigenvalue weighted by atomic mass is 32.1. The van der Waals surface area contributed by atoms with Gasteiger partial charge in [0.25, 0.3) is 5.91 Å². The van der Waals surface area contributed by atoms with E-state index < -0.39 is 0 Å². The summed E-state index contributed by atoms with van der Waals surface area (Å²) in [6.07, 6.45) is 0.